The van der Waals surface area contributed by atoms with E-state index in [0.29, 0.717) is 6.04 Å². The van der Waals surface area contributed by atoms with Crippen LogP contribution in [0.25, 0.3) is 0 Å². The Kier molecular flexibility index (Phi) is 3.93. The zero-order valence-electron chi connectivity index (χ0n) is 10.3. The third-order valence-corrected chi connectivity index (χ3v) is 3.51. The van der Waals surface area contributed by atoms with Gasteiger partial charge in [-0.05, 0) is 31.7 Å². The quantitative estimate of drug-likeness (QED) is 0.848. The van der Waals surface area contributed by atoms with Crippen LogP contribution in [0.5, 0.6) is 0 Å². The lowest BCUT2D eigenvalue weighted by Gasteiger charge is -2.29. The van der Waals surface area contributed by atoms with Gasteiger partial charge < -0.3 is 9.88 Å². The molecule has 0 aromatic carbocycles. The molecule has 0 saturated carbocycles. The molecule has 4 nitrogen and oxygen atoms in total. The van der Waals surface area contributed by atoms with Gasteiger partial charge in [0.15, 0.2) is 0 Å². The summed E-state index contributed by atoms with van der Waals surface area (Å²) in [6.45, 7) is 6.61. The third kappa shape index (κ3) is 2.43. The Bertz CT molecular complexity index is 321. The molecular formula is C12H22N4. The molecule has 0 amide bonds. The van der Waals surface area contributed by atoms with Gasteiger partial charge in [-0.3, -0.25) is 0 Å². The standard InChI is InChI=1S/C12H22N4/c1-3-7-16-9-14-15-12(16)11-8-10(4-2)5-6-13-11/h9-11,13H,3-8H2,1-2H3. The van der Waals surface area contributed by atoms with E-state index in [4.69, 9.17) is 0 Å². The maximum atomic E-state index is 4.28. The highest BCUT2D eigenvalue weighted by Gasteiger charge is 2.24. The molecule has 1 aliphatic heterocycles. The van der Waals surface area contributed by atoms with Crippen molar-refractivity contribution in [2.24, 2.45) is 5.92 Å². The van der Waals surface area contributed by atoms with E-state index >= 15 is 0 Å². The second-order valence-corrected chi connectivity index (χ2v) is 4.69. The number of aryl methyl sites for hydroxylation is 1. The normalized spacial score (nSPS) is 25.9. The molecule has 1 aliphatic rings. The molecule has 0 spiro atoms. The van der Waals surface area contributed by atoms with Gasteiger partial charge in [-0.25, -0.2) is 0 Å². The lowest BCUT2D eigenvalue weighted by molar-refractivity contribution is 0.285. The molecule has 1 aromatic rings. The van der Waals surface area contributed by atoms with Crippen molar-refractivity contribution in [1.29, 1.82) is 0 Å². The van der Waals surface area contributed by atoms with Gasteiger partial charge >= 0.3 is 0 Å². The second-order valence-electron chi connectivity index (χ2n) is 4.69. The first-order chi connectivity index (χ1) is 7.85. The molecule has 2 atom stereocenters. The summed E-state index contributed by atoms with van der Waals surface area (Å²) in [5, 5.41) is 11.9. The monoisotopic (exact) mass is 222 g/mol. The summed E-state index contributed by atoms with van der Waals surface area (Å²) in [7, 11) is 0. The minimum absolute atomic E-state index is 0.410. The number of rotatable bonds is 4. The van der Waals surface area contributed by atoms with Crippen LogP contribution in [0.4, 0.5) is 0 Å². The smallest absolute Gasteiger partial charge is 0.149 e. The van der Waals surface area contributed by atoms with Crippen molar-refractivity contribution < 1.29 is 0 Å². The van der Waals surface area contributed by atoms with Crippen molar-refractivity contribution in [3.8, 4) is 0 Å². The number of nitrogens with zero attached hydrogens (tertiary/aromatic N) is 3. The summed E-state index contributed by atoms with van der Waals surface area (Å²) in [4.78, 5) is 0. The zero-order chi connectivity index (χ0) is 11.4. The topological polar surface area (TPSA) is 42.7 Å². The summed E-state index contributed by atoms with van der Waals surface area (Å²) < 4.78 is 2.19. The first-order valence-corrected chi connectivity index (χ1v) is 6.46. The molecule has 1 aromatic heterocycles. The molecular weight excluding hydrogens is 200 g/mol. The average Bonchev–Trinajstić information content (AvgIpc) is 2.78. The molecule has 90 valence electrons. The van der Waals surface area contributed by atoms with Gasteiger partial charge in [-0.1, -0.05) is 20.3 Å². The average molecular weight is 222 g/mol. The van der Waals surface area contributed by atoms with Crippen molar-refractivity contribution in [2.75, 3.05) is 6.54 Å². The van der Waals surface area contributed by atoms with Crippen LogP contribution in [0.2, 0.25) is 0 Å². The van der Waals surface area contributed by atoms with E-state index < -0.39 is 0 Å². The summed E-state index contributed by atoms with van der Waals surface area (Å²) in [5.74, 6) is 1.97. The predicted molar refractivity (Wildman–Crippen MR) is 64.1 cm³/mol. The summed E-state index contributed by atoms with van der Waals surface area (Å²) in [6, 6.07) is 0.410. The van der Waals surface area contributed by atoms with Crippen LogP contribution < -0.4 is 5.32 Å². The Balaban J connectivity index is 2.07. The van der Waals surface area contributed by atoms with Gasteiger partial charge in [-0.15, -0.1) is 10.2 Å². The Labute approximate surface area is 97.5 Å². The molecule has 1 fully saturated rings. The number of hydrogen-bond donors (Lipinski definition) is 1. The minimum atomic E-state index is 0.410. The van der Waals surface area contributed by atoms with Crippen LogP contribution >= 0.6 is 0 Å². The Morgan fingerprint density at radius 2 is 2.38 bits per heavy atom. The molecule has 1 N–H and O–H groups in total. The van der Waals surface area contributed by atoms with E-state index in [9.17, 15) is 0 Å². The van der Waals surface area contributed by atoms with Gasteiger partial charge in [0.05, 0.1) is 6.04 Å². The van der Waals surface area contributed by atoms with Crippen LogP contribution in [0.3, 0.4) is 0 Å². The first-order valence-electron chi connectivity index (χ1n) is 6.46. The van der Waals surface area contributed by atoms with Crippen molar-refractivity contribution in [3.63, 3.8) is 0 Å². The molecule has 4 heteroatoms. The molecule has 2 heterocycles. The van der Waals surface area contributed by atoms with Crippen molar-refractivity contribution >= 4 is 0 Å². The fourth-order valence-corrected chi connectivity index (χ4v) is 2.51. The van der Waals surface area contributed by atoms with E-state index in [2.05, 4.69) is 33.9 Å². The lowest BCUT2D eigenvalue weighted by Crippen LogP contribution is -2.33. The van der Waals surface area contributed by atoms with Crippen molar-refractivity contribution in [2.45, 2.75) is 52.1 Å². The van der Waals surface area contributed by atoms with Gasteiger partial charge in [0.25, 0.3) is 0 Å². The van der Waals surface area contributed by atoms with Crippen molar-refractivity contribution in [3.05, 3.63) is 12.2 Å². The van der Waals surface area contributed by atoms with Crippen LogP contribution in [0.1, 0.15) is 51.4 Å². The fraction of sp³-hybridized carbons (Fsp3) is 0.833. The van der Waals surface area contributed by atoms with Crippen LogP contribution in [-0.2, 0) is 6.54 Å². The minimum Gasteiger partial charge on any atom is -0.316 e. The third-order valence-electron chi connectivity index (χ3n) is 3.51. The van der Waals surface area contributed by atoms with Gasteiger partial charge in [0.1, 0.15) is 12.2 Å². The molecule has 0 bridgehead atoms. The van der Waals surface area contributed by atoms with E-state index in [-0.39, 0.29) is 0 Å². The molecule has 1 saturated heterocycles. The molecule has 2 rings (SSSR count). The Morgan fingerprint density at radius 1 is 1.50 bits per heavy atom. The summed E-state index contributed by atoms with van der Waals surface area (Å²) in [5.41, 5.74) is 0. The number of hydrogen-bond acceptors (Lipinski definition) is 3. The molecule has 0 radical (unpaired) electrons. The van der Waals surface area contributed by atoms with Crippen LogP contribution in [-0.4, -0.2) is 21.3 Å². The number of piperidine rings is 1. The first kappa shape index (κ1) is 11.6. The van der Waals surface area contributed by atoms with Gasteiger partial charge in [-0.2, -0.15) is 0 Å². The lowest BCUT2D eigenvalue weighted by atomic mass is 9.90. The highest BCUT2D eigenvalue weighted by molar-refractivity contribution is 4.97. The van der Waals surface area contributed by atoms with Crippen molar-refractivity contribution in [1.82, 2.24) is 20.1 Å². The van der Waals surface area contributed by atoms with E-state index in [1.165, 1.54) is 19.3 Å². The van der Waals surface area contributed by atoms with E-state index in [1.807, 2.05) is 6.33 Å². The summed E-state index contributed by atoms with van der Waals surface area (Å²) in [6.07, 6.45) is 6.78. The number of aromatic nitrogens is 3. The molecule has 0 aliphatic carbocycles. The van der Waals surface area contributed by atoms with Gasteiger partial charge in [0, 0.05) is 6.54 Å². The predicted octanol–water partition coefficient (Wildman–Crippen LogP) is 2.14. The molecule has 2 unspecified atom stereocenters. The van der Waals surface area contributed by atoms with E-state index in [1.54, 1.807) is 0 Å². The van der Waals surface area contributed by atoms with Crippen LogP contribution in [0.15, 0.2) is 6.33 Å². The summed E-state index contributed by atoms with van der Waals surface area (Å²) >= 11 is 0. The highest BCUT2D eigenvalue weighted by atomic mass is 15.3. The van der Waals surface area contributed by atoms with E-state index in [0.717, 1.165) is 31.3 Å². The Hall–Kier alpha value is -0.900. The maximum absolute atomic E-state index is 4.28. The highest BCUT2D eigenvalue weighted by Crippen LogP contribution is 2.27. The molecule has 16 heavy (non-hydrogen) atoms. The zero-order valence-corrected chi connectivity index (χ0v) is 10.3. The SMILES string of the molecule is CCCn1cnnc1C1CC(CC)CCN1. The number of nitrogens with one attached hydrogen (secondary N) is 1. The van der Waals surface area contributed by atoms with Gasteiger partial charge in [0.2, 0.25) is 0 Å². The second kappa shape index (κ2) is 5.43. The largest absolute Gasteiger partial charge is 0.316 e. The van der Waals surface area contributed by atoms with Crippen LogP contribution in [0, 0.1) is 5.92 Å². The fourth-order valence-electron chi connectivity index (χ4n) is 2.51. The maximum Gasteiger partial charge on any atom is 0.149 e. The Morgan fingerprint density at radius 3 is 3.12 bits per heavy atom.